The van der Waals surface area contributed by atoms with Crippen molar-refractivity contribution >= 4 is 39.1 Å². The van der Waals surface area contributed by atoms with Crippen LogP contribution in [0, 0.1) is 17.5 Å². The molecule has 0 aliphatic rings. The fourth-order valence-corrected chi connectivity index (χ4v) is 3.66. The van der Waals surface area contributed by atoms with Crippen LogP contribution in [-0.4, -0.2) is 23.5 Å². The van der Waals surface area contributed by atoms with Crippen LogP contribution in [0.25, 0.3) is 10.2 Å². The van der Waals surface area contributed by atoms with Gasteiger partial charge in [0.25, 0.3) is 0 Å². The van der Waals surface area contributed by atoms with Crippen molar-refractivity contribution in [3.63, 3.8) is 0 Å². The average Bonchev–Trinajstić information content (AvgIpc) is 3.12. The maximum absolute atomic E-state index is 14.0. The lowest BCUT2D eigenvalue weighted by Gasteiger charge is -2.21. The highest BCUT2D eigenvalue weighted by atomic mass is 32.1. The number of thiazole rings is 1. The Kier molecular flexibility index (Phi) is 6.48. The molecule has 0 N–H and O–H groups in total. The summed E-state index contributed by atoms with van der Waals surface area (Å²) in [4.78, 5) is 29.7. The van der Waals surface area contributed by atoms with Crippen molar-refractivity contribution in [2.75, 3.05) is 11.5 Å². The average molecular weight is 422 g/mol. The molecule has 0 fully saturated rings. The molecular weight excluding hydrogens is 405 g/mol. The zero-order valence-corrected chi connectivity index (χ0v) is 16.3. The third kappa shape index (κ3) is 4.92. The summed E-state index contributed by atoms with van der Waals surface area (Å²) < 4.78 is 45.9. The zero-order valence-electron chi connectivity index (χ0n) is 15.5. The number of halogens is 3. The predicted octanol–water partition coefficient (Wildman–Crippen LogP) is 4.59. The first-order chi connectivity index (χ1) is 13.9. The topological polar surface area (TPSA) is 59.5 Å². The Morgan fingerprint density at radius 1 is 1.07 bits per heavy atom. The Morgan fingerprint density at radius 2 is 1.79 bits per heavy atom. The first-order valence-electron chi connectivity index (χ1n) is 8.84. The second-order valence-corrected chi connectivity index (χ2v) is 7.19. The molecule has 3 aromatic rings. The highest BCUT2D eigenvalue weighted by Crippen LogP contribution is 2.28. The van der Waals surface area contributed by atoms with E-state index in [4.69, 9.17) is 4.74 Å². The van der Waals surface area contributed by atoms with Crippen molar-refractivity contribution in [2.24, 2.45) is 0 Å². The van der Waals surface area contributed by atoms with Gasteiger partial charge in [-0.15, -0.1) is 11.3 Å². The maximum atomic E-state index is 14.0. The molecule has 0 bridgehead atoms. The monoisotopic (exact) mass is 422 g/mol. The van der Waals surface area contributed by atoms with Crippen molar-refractivity contribution < 1.29 is 27.5 Å². The van der Waals surface area contributed by atoms with Crippen molar-refractivity contribution in [2.45, 2.75) is 26.3 Å². The molecule has 9 heteroatoms. The van der Waals surface area contributed by atoms with Crippen LogP contribution in [0.2, 0.25) is 0 Å². The summed E-state index contributed by atoms with van der Waals surface area (Å²) in [5.74, 6) is -3.43. The van der Waals surface area contributed by atoms with Gasteiger partial charge in [0.15, 0.2) is 11.6 Å². The Morgan fingerprint density at radius 3 is 2.48 bits per heavy atom. The van der Waals surface area contributed by atoms with Crippen molar-refractivity contribution in [3.05, 3.63) is 58.9 Å². The van der Waals surface area contributed by atoms with Gasteiger partial charge in [-0.1, -0.05) is 0 Å². The smallest absolute Gasteiger partial charge is 0.306 e. The number of rotatable bonds is 7. The zero-order chi connectivity index (χ0) is 21.0. The number of fused-ring (bicyclic) bond motifs is 1. The molecule has 1 heterocycles. The number of carbonyl (C=O) groups excluding carboxylic acids is 2. The molecule has 0 radical (unpaired) electrons. The number of anilines is 1. The maximum Gasteiger partial charge on any atom is 0.306 e. The molecule has 5 nitrogen and oxygen atoms in total. The lowest BCUT2D eigenvalue weighted by Crippen LogP contribution is -2.30. The molecule has 152 valence electrons. The fraction of sp³-hybridized carbons (Fsp3) is 0.250. The van der Waals surface area contributed by atoms with E-state index in [0.29, 0.717) is 15.4 Å². The number of hydrogen-bond acceptors (Lipinski definition) is 5. The largest absolute Gasteiger partial charge is 0.466 e. The van der Waals surface area contributed by atoms with Gasteiger partial charge in [0.05, 0.1) is 24.3 Å². The molecule has 0 atom stereocenters. The van der Waals surface area contributed by atoms with Crippen LogP contribution in [0.15, 0.2) is 36.4 Å². The molecule has 3 rings (SSSR count). The minimum atomic E-state index is -1.05. The molecule has 0 spiro atoms. The van der Waals surface area contributed by atoms with Gasteiger partial charge in [0.1, 0.15) is 16.3 Å². The second-order valence-electron chi connectivity index (χ2n) is 6.08. The third-order valence-electron chi connectivity index (χ3n) is 4.08. The standard InChI is InChI=1S/C20H17F3N2O3S/c1-2-28-18(27)10-9-17(26)25(13-5-3-12(21)4-6-13)11-16-24-20-15(29-16)8-7-14(22)19(20)23/h3-8H,2,9-11H2,1H3. The Hall–Kier alpha value is -2.94. The third-order valence-corrected chi connectivity index (χ3v) is 5.08. The number of aromatic nitrogens is 1. The summed E-state index contributed by atoms with van der Waals surface area (Å²) in [6.45, 7) is 1.84. The molecule has 0 aliphatic carbocycles. The quantitative estimate of drug-likeness (QED) is 0.523. The number of nitrogens with zero attached hydrogens (tertiary/aromatic N) is 2. The predicted molar refractivity (Wildman–Crippen MR) is 103 cm³/mol. The van der Waals surface area contributed by atoms with E-state index in [9.17, 15) is 22.8 Å². The molecule has 0 saturated carbocycles. The van der Waals surface area contributed by atoms with Gasteiger partial charge in [-0.25, -0.2) is 18.2 Å². The highest BCUT2D eigenvalue weighted by molar-refractivity contribution is 7.18. The molecular formula is C20H17F3N2O3S. The summed E-state index contributed by atoms with van der Waals surface area (Å²) >= 11 is 1.12. The first kappa shape index (κ1) is 20.8. The number of hydrogen-bond donors (Lipinski definition) is 0. The highest BCUT2D eigenvalue weighted by Gasteiger charge is 2.21. The van der Waals surface area contributed by atoms with Crippen molar-refractivity contribution in [1.82, 2.24) is 4.98 Å². The molecule has 1 aromatic heterocycles. The summed E-state index contributed by atoms with van der Waals surface area (Å²) in [7, 11) is 0. The Balaban J connectivity index is 1.87. The van der Waals surface area contributed by atoms with Crippen LogP contribution in [0.3, 0.4) is 0 Å². The van der Waals surface area contributed by atoms with Gasteiger partial charge >= 0.3 is 5.97 Å². The first-order valence-corrected chi connectivity index (χ1v) is 9.65. The lowest BCUT2D eigenvalue weighted by atomic mass is 10.2. The van der Waals surface area contributed by atoms with Crippen molar-refractivity contribution in [3.8, 4) is 0 Å². The summed E-state index contributed by atoms with van der Waals surface area (Å²) in [5, 5.41) is 0.373. The van der Waals surface area contributed by atoms with E-state index in [-0.39, 0.29) is 31.5 Å². The number of benzene rings is 2. The van der Waals surface area contributed by atoms with E-state index in [0.717, 1.165) is 17.4 Å². The van der Waals surface area contributed by atoms with Gasteiger partial charge in [0.2, 0.25) is 5.91 Å². The Bertz CT molecular complexity index is 1040. The van der Waals surface area contributed by atoms with E-state index >= 15 is 0 Å². The lowest BCUT2D eigenvalue weighted by molar-refractivity contribution is -0.144. The Labute approximate surface area is 168 Å². The van der Waals surface area contributed by atoms with Crippen LogP contribution >= 0.6 is 11.3 Å². The van der Waals surface area contributed by atoms with Gasteiger partial charge < -0.3 is 9.64 Å². The number of esters is 1. The summed E-state index contributed by atoms with van der Waals surface area (Å²) in [5.41, 5.74) is 0.286. The van der Waals surface area contributed by atoms with E-state index in [2.05, 4.69) is 4.98 Å². The molecule has 0 aliphatic heterocycles. The number of ether oxygens (including phenoxy) is 1. The fourth-order valence-electron chi connectivity index (χ4n) is 2.71. The SMILES string of the molecule is CCOC(=O)CCC(=O)N(Cc1nc2c(F)c(F)ccc2s1)c1ccc(F)cc1. The molecule has 2 aromatic carbocycles. The molecule has 29 heavy (non-hydrogen) atoms. The van der Waals surface area contributed by atoms with E-state index in [1.807, 2.05) is 0 Å². The minimum absolute atomic E-state index is 0.0340. The van der Waals surface area contributed by atoms with E-state index in [1.54, 1.807) is 6.92 Å². The molecule has 1 amide bonds. The van der Waals surface area contributed by atoms with Gasteiger partial charge in [-0.05, 0) is 43.3 Å². The van der Waals surface area contributed by atoms with E-state index < -0.39 is 29.3 Å². The molecule has 0 saturated heterocycles. The van der Waals surface area contributed by atoms with Crippen LogP contribution in [0.4, 0.5) is 18.9 Å². The van der Waals surface area contributed by atoms with Crippen LogP contribution in [-0.2, 0) is 20.9 Å². The van der Waals surface area contributed by atoms with Crippen LogP contribution in [0.5, 0.6) is 0 Å². The second kappa shape index (κ2) is 9.04. The van der Waals surface area contributed by atoms with Crippen LogP contribution < -0.4 is 4.90 Å². The normalized spacial score (nSPS) is 10.9. The van der Waals surface area contributed by atoms with Gasteiger partial charge in [-0.3, -0.25) is 9.59 Å². The van der Waals surface area contributed by atoms with Crippen LogP contribution in [0.1, 0.15) is 24.8 Å². The van der Waals surface area contributed by atoms with Gasteiger partial charge in [0, 0.05) is 12.1 Å². The number of carbonyl (C=O) groups is 2. The minimum Gasteiger partial charge on any atom is -0.466 e. The van der Waals surface area contributed by atoms with Gasteiger partial charge in [-0.2, -0.15) is 0 Å². The summed E-state index contributed by atoms with van der Waals surface area (Å²) in [6, 6.07) is 7.68. The van der Waals surface area contributed by atoms with Crippen molar-refractivity contribution in [1.29, 1.82) is 0 Å². The summed E-state index contributed by atoms with van der Waals surface area (Å²) in [6.07, 6.45) is -0.228. The number of amides is 1. The molecule has 0 unspecified atom stereocenters. The van der Waals surface area contributed by atoms with E-state index in [1.165, 1.54) is 35.2 Å².